The lowest BCUT2D eigenvalue weighted by Gasteiger charge is -2.13. The van der Waals surface area contributed by atoms with Crippen LogP contribution in [0.3, 0.4) is 0 Å². The summed E-state index contributed by atoms with van der Waals surface area (Å²) in [6, 6.07) is 59.9. The van der Waals surface area contributed by atoms with Crippen molar-refractivity contribution in [1.82, 2.24) is 24.1 Å². The van der Waals surface area contributed by atoms with Crippen molar-refractivity contribution in [3.05, 3.63) is 176 Å². The van der Waals surface area contributed by atoms with E-state index < -0.39 is 0 Å². The van der Waals surface area contributed by atoms with Gasteiger partial charge in [-0.25, -0.2) is 9.97 Å². The number of aromatic nitrogens is 5. The van der Waals surface area contributed by atoms with Gasteiger partial charge in [-0.1, -0.05) is 140 Å². The van der Waals surface area contributed by atoms with E-state index in [0.29, 0.717) is 11.8 Å². The van der Waals surface area contributed by atoms with Gasteiger partial charge in [-0.05, 0) is 52.6 Å². The van der Waals surface area contributed by atoms with E-state index in [1.807, 2.05) is 6.07 Å². The van der Waals surface area contributed by atoms with Gasteiger partial charge in [0.25, 0.3) is 0 Å². The molecule has 5 nitrogen and oxygen atoms in total. The average Bonchev–Trinajstić information content (AvgIpc) is 3.72. The molecule has 0 N–H and O–H groups in total. The summed E-state index contributed by atoms with van der Waals surface area (Å²) < 4.78 is 4.62. The third-order valence-electron chi connectivity index (χ3n) is 9.67. The van der Waals surface area contributed by atoms with Crippen LogP contribution in [0.15, 0.2) is 176 Å². The highest BCUT2D eigenvalue weighted by Crippen LogP contribution is 2.41. The molecule has 0 unspecified atom stereocenters. The summed E-state index contributed by atoms with van der Waals surface area (Å²) >= 11 is 0. The molecule has 0 fully saturated rings. The zero-order valence-electron chi connectivity index (χ0n) is 27.0. The molecule has 0 bridgehead atoms. The molecule has 0 aliphatic carbocycles. The van der Waals surface area contributed by atoms with E-state index in [0.717, 1.165) is 55.2 Å². The van der Waals surface area contributed by atoms with Gasteiger partial charge in [0.15, 0.2) is 5.82 Å². The molecule has 7 aromatic carbocycles. The van der Waals surface area contributed by atoms with E-state index in [9.17, 15) is 0 Å². The number of rotatable bonds is 5. The summed E-state index contributed by atoms with van der Waals surface area (Å²) in [6.45, 7) is 0. The Morgan fingerprint density at radius 2 is 0.880 bits per heavy atom. The minimum absolute atomic E-state index is 0.577. The van der Waals surface area contributed by atoms with Crippen LogP contribution in [-0.2, 0) is 0 Å². The standard InChI is InChI=1S/C45H29N5/c1-3-13-30(14-4-1)32-17-11-19-34(27-32)44-46-29-47-45(48-44)50-41-24-10-8-22-37(41)39-26-25-38-36-21-7-9-23-40(36)49(42(38)43(39)50)35-20-12-18-33(28-35)31-15-5-2-6-16-31/h1-29H. The van der Waals surface area contributed by atoms with E-state index in [2.05, 4.69) is 178 Å². The summed E-state index contributed by atoms with van der Waals surface area (Å²) in [7, 11) is 0. The first-order valence-electron chi connectivity index (χ1n) is 16.8. The second-order valence-corrected chi connectivity index (χ2v) is 12.5. The van der Waals surface area contributed by atoms with Crippen LogP contribution < -0.4 is 0 Å². The van der Waals surface area contributed by atoms with Crippen molar-refractivity contribution in [2.45, 2.75) is 0 Å². The minimum atomic E-state index is 0.577. The van der Waals surface area contributed by atoms with Crippen LogP contribution in [0, 0.1) is 0 Å². The van der Waals surface area contributed by atoms with Crippen LogP contribution in [0.4, 0.5) is 0 Å². The molecule has 5 heteroatoms. The number of benzene rings is 7. The van der Waals surface area contributed by atoms with Crippen LogP contribution in [0.2, 0.25) is 0 Å². The molecule has 0 saturated carbocycles. The van der Waals surface area contributed by atoms with Gasteiger partial charge in [0.1, 0.15) is 6.33 Å². The quantitative estimate of drug-likeness (QED) is 0.188. The molecular formula is C45H29N5. The van der Waals surface area contributed by atoms with E-state index in [1.54, 1.807) is 6.33 Å². The van der Waals surface area contributed by atoms with Gasteiger partial charge in [-0.2, -0.15) is 4.98 Å². The highest BCUT2D eigenvalue weighted by molar-refractivity contribution is 6.23. The van der Waals surface area contributed by atoms with Gasteiger partial charge >= 0.3 is 0 Å². The number of nitrogens with zero attached hydrogens (tertiary/aromatic N) is 5. The van der Waals surface area contributed by atoms with Crippen LogP contribution in [-0.4, -0.2) is 24.1 Å². The third kappa shape index (κ3) is 4.45. The van der Waals surface area contributed by atoms with Crippen LogP contribution in [0.25, 0.3) is 88.9 Å². The van der Waals surface area contributed by atoms with Crippen LogP contribution in [0.1, 0.15) is 0 Å². The summed E-state index contributed by atoms with van der Waals surface area (Å²) in [5.41, 5.74) is 11.0. The van der Waals surface area contributed by atoms with E-state index in [1.165, 1.54) is 21.9 Å². The van der Waals surface area contributed by atoms with Crippen molar-refractivity contribution in [2.75, 3.05) is 0 Å². The minimum Gasteiger partial charge on any atom is -0.307 e. The lowest BCUT2D eigenvalue weighted by Crippen LogP contribution is -2.05. The van der Waals surface area contributed by atoms with E-state index in [-0.39, 0.29) is 0 Å². The Kier molecular flexibility index (Phi) is 6.42. The van der Waals surface area contributed by atoms with Gasteiger partial charge in [-0.15, -0.1) is 0 Å². The Labute approximate surface area is 288 Å². The van der Waals surface area contributed by atoms with Gasteiger partial charge < -0.3 is 4.57 Å². The van der Waals surface area contributed by atoms with Crippen molar-refractivity contribution in [1.29, 1.82) is 0 Å². The molecule has 0 spiro atoms. The normalized spacial score (nSPS) is 11.6. The fraction of sp³-hybridized carbons (Fsp3) is 0. The molecule has 0 atom stereocenters. The maximum absolute atomic E-state index is 5.17. The Balaban J connectivity index is 1.26. The zero-order valence-corrected chi connectivity index (χ0v) is 27.0. The smallest absolute Gasteiger partial charge is 0.238 e. The fourth-order valence-electron chi connectivity index (χ4n) is 7.43. The molecule has 3 aromatic heterocycles. The lowest BCUT2D eigenvalue weighted by molar-refractivity contribution is 0.947. The van der Waals surface area contributed by atoms with Crippen molar-refractivity contribution in [3.8, 4) is 45.3 Å². The summed E-state index contributed by atoms with van der Waals surface area (Å²) in [6.07, 6.45) is 1.63. The maximum Gasteiger partial charge on any atom is 0.238 e. The molecule has 0 aliphatic rings. The molecule has 3 heterocycles. The average molecular weight is 640 g/mol. The predicted molar refractivity (Wildman–Crippen MR) is 205 cm³/mol. The molecule has 0 aliphatic heterocycles. The Morgan fingerprint density at radius 1 is 0.360 bits per heavy atom. The van der Waals surface area contributed by atoms with E-state index in [4.69, 9.17) is 9.97 Å². The molecule has 50 heavy (non-hydrogen) atoms. The zero-order chi connectivity index (χ0) is 33.0. The number of fused-ring (bicyclic) bond motifs is 7. The second kappa shape index (κ2) is 11.4. The molecule has 234 valence electrons. The van der Waals surface area contributed by atoms with Crippen molar-refractivity contribution >= 4 is 43.6 Å². The summed E-state index contributed by atoms with van der Waals surface area (Å²) in [5.74, 6) is 1.20. The Morgan fingerprint density at radius 3 is 1.56 bits per heavy atom. The van der Waals surface area contributed by atoms with Crippen molar-refractivity contribution in [2.24, 2.45) is 0 Å². The lowest BCUT2D eigenvalue weighted by atomic mass is 10.0. The Bertz CT molecular complexity index is 2870. The SMILES string of the molecule is c1ccc(-c2cccc(-c3ncnc(-n4c5ccccc5c5ccc6c7ccccc7n(-c7cccc(-c8ccccc8)c7)c6c54)n3)c2)cc1. The van der Waals surface area contributed by atoms with Crippen LogP contribution >= 0.6 is 0 Å². The molecular weight excluding hydrogens is 611 g/mol. The molecule has 0 radical (unpaired) electrons. The first-order chi connectivity index (χ1) is 24.8. The summed E-state index contributed by atoms with van der Waals surface area (Å²) in [5, 5.41) is 4.66. The molecule has 0 amide bonds. The Hall–Kier alpha value is -6.85. The fourth-order valence-corrected chi connectivity index (χ4v) is 7.43. The first-order valence-corrected chi connectivity index (χ1v) is 16.8. The highest BCUT2D eigenvalue weighted by atomic mass is 15.2. The summed E-state index contributed by atoms with van der Waals surface area (Å²) in [4.78, 5) is 14.7. The molecule has 0 saturated heterocycles. The van der Waals surface area contributed by atoms with Gasteiger partial charge in [-0.3, -0.25) is 4.57 Å². The van der Waals surface area contributed by atoms with Gasteiger partial charge in [0, 0.05) is 32.8 Å². The second-order valence-electron chi connectivity index (χ2n) is 12.5. The third-order valence-corrected chi connectivity index (χ3v) is 9.67. The van der Waals surface area contributed by atoms with Crippen molar-refractivity contribution < 1.29 is 0 Å². The number of hydrogen-bond acceptors (Lipinski definition) is 3. The number of hydrogen-bond donors (Lipinski definition) is 0. The number of para-hydroxylation sites is 2. The highest BCUT2D eigenvalue weighted by Gasteiger charge is 2.22. The molecule has 10 rings (SSSR count). The largest absolute Gasteiger partial charge is 0.307 e. The van der Waals surface area contributed by atoms with Crippen LogP contribution in [0.5, 0.6) is 0 Å². The predicted octanol–water partition coefficient (Wildman–Crippen LogP) is 11.1. The van der Waals surface area contributed by atoms with Gasteiger partial charge in [0.2, 0.25) is 5.95 Å². The first kappa shape index (κ1) is 28.2. The van der Waals surface area contributed by atoms with Gasteiger partial charge in [0.05, 0.1) is 22.1 Å². The van der Waals surface area contributed by atoms with Crippen molar-refractivity contribution in [3.63, 3.8) is 0 Å². The topological polar surface area (TPSA) is 48.5 Å². The molecule has 10 aromatic rings. The maximum atomic E-state index is 5.17. The monoisotopic (exact) mass is 639 g/mol. The van der Waals surface area contributed by atoms with E-state index >= 15 is 0 Å².